The van der Waals surface area contributed by atoms with E-state index in [-0.39, 0.29) is 22.4 Å². The molecule has 0 aliphatic heterocycles. The third-order valence-corrected chi connectivity index (χ3v) is 2.76. The van der Waals surface area contributed by atoms with Gasteiger partial charge in [-0.05, 0) is 18.2 Å². The van der Waals surface area contributed by atoms with Crippen molar-refractivity contribution in [3.8, 4) is 11.4 Å². The Morgan fingerprint density at radius 2 is 1.45 bits per heavy atom. The molecule has 1 aromatic heterocycles. The molecule has 0 unspecified atom stereocenters. The molecule has 3 rings (SSSR count). The quantitative estimate of drug-likeness (QED) is 0.532. The van der Waals surface area contributed by atoms with E-state index in [1.54, 1.807) is 0 Å². The van der Waals surface area contributed by atoms with Crippen LogP contribution in [0.1, 0.15) is 0 Å². The Kier molecular flexibility index (Phi) is 2.70. The molecule has 1 N–H and O–H groups in total. The first-order valence-corrected chi connectivity index (χ1v) is 5.45. The minimum Gasteiger partial charge on any atom is -0.338 e. The number of H-pyrrole nitrogens is 1. The van der Waals surface area contributed by atoms with Gasteiger partial charge in [-0.25, -0.2) is 26.9 Å². The van der Waals surface area contributed by atoms with E-state index >= 15 is 0 Å². The zero-order valence-electron chi connectivity index (χ0n) is 9.65. The van der Waals surface area contributed by atoms with E-state index < -0.39 is 29.1 Å². The van der Waals surface area contributed by atoms with Gasteiger partial charge in [0, 0.05) is 11.6 Å². The fourth-order valence-corrected chi connectivity index (χ4v) is 1.87. The Hall–Kier alpha value is -2.44. The first-order chi connectivity index (χ1) is 9.45. The van der Waals surface area contributed by atoms with Gasteiger partial charge in [-0.15, -0.1) is 0 Å². The van der Waals surface area contributed by atoms with Crippen LogP contribution in [0.25, 0.3) is 22.4 Å². The average Bonchev–Trinajstić information content (AvgIpc) is 2.79. The lowest BCUT2D eigenvalue weighted by atomic mass is 10.2. The lowest BCUT2D eigenvalue weighted by molar-refractivity contribution is 0.447. The lowest BCUT2D eigenvalue weighted by Gasteiger charge is -1.99. The van der Waals surface area contributed by atoms with Crippen LogP contribution in [-0.4, -0.2) is 9.97 Å². The molecule has 20 heavy (non-hydrogen) atoms. The second-order valence-corrected chi connectivity index (χ2v) is 4.12. The molecule has 0 amide bonds. The third-order valence-electron chi connectivity index (χ3n) is 2.76. The van der Waals surface area contributed by atoms with E-state index in [0.717, 1.165) is 6.07 Å². The van der Waals surface area contributed by atoms with Crippen LogP contribution in [0.3, 0.4) is 0 Å². The Balaban J connectivity index is 2.22. The van der Waals surface area contributed by atoms with Gasteiger partial charge < -0.3 is 4.98 Å². The lowest BCUT2D eigenvalue weighted by Crippen LogP contribution is -1.92. The molecule has 0 aliphatic carbocycles. The number of benzene rings is 2. The number of nitrogens with one attached hydrogen (secondary N) is 1. The van der Waals surface area contributed by atoms with Crippen molar-refractivity contribution >= 4 is 11.0 Å². The number of hydrogen-bond donors (Lipinski definition) is 1. The summed E-state index contributed by atoms with van der Waals surface area (Å²) in [5.74, 6) is -6.23. The summed E-state index contributed by atoms with van der Waals surface area (Å²) < 4.78 is 65.6. The minimum absolute atomic E-state index is 0.0302. The van der Waals surface area contributed by atoms with E-state index in [1.165, 1.54) is 0 Å². The highest BCUT2D eigenvalue weighted by atomic mass is 19.2. The number of aromatic amines is 1. The number of halogens is 5. The third kappa shape index (κ3) is 1.91. The molecule has 0 bridgehead atoms. The molecule has 7 heteroatoms. The monoisotopic (exact) mass is 284 g/mol. The van der Waals surface area contributed by atoms with Gasteiger partial charge in [-0.2, -0.15) is 0 Å². The van der Waals surface area contributed by atoms with Crippen LogP contribution in [-0.2, 0) is 0 Å². The summed E-state index contributed by atoms with van der Waals surface area (Å²) in [6.45, 7) is 0. The topological polar surface area (TPSA) is 28.7 Å². The Morgan fingerprint density at radius 3 is 2.10 bits per heavy atom. The van der Waals surface area contributed by atoms with Gasteiger partial charge in [0.25, 0.3) is 0 Å². The fraction of sp³-hybridized carbons (Fsp3) is 0. The van der Waals surface area contributed by atoms with Crippen LogP contribution in [0.5, 0.6) is 0 Å². The molecule has 1 heterocycles. The molecular formula is C13H5F5N2. The predicted molar refractivity (Wildman–Crippen MR) is 61.3 cm³/mol. The zero-order valence-corrected chi connectivity index (χ0v) is 9.65. The highest BCUT2D eigenvalue weighted by Crippen LogP contribution is 2.25. The molecule has 3 aromatic rings. The molecule has 0 spiro atoms. The second-order valence-electron chi connectivity index (χ2n) is 4.12. The van der Waals surface area contributed by atoms with Crippen molar-refractivity contribution in [1.29, 1.82) is 0 Å². The normalized spacial score (nSPS) is 11.2. The van der Waals surface area contributed by atoms with E-state index in [9.17, 15) is 22.0 Å². The van der Waals surface area contributed by atoms with Gasteiger partial charge in [-0.1, -0.05) is 0 Å². The second kappa shape index (κ2) is 4.29. The number of rotatable bonds is 1. The summed E-state index contributed by atoms with van der Waals surface area (Å²) in [6.07, 6.45) is 0. The molecule has 0 radical (unpaired) electrons. The van der Waals surface area contributed by atoms with E-state index in [0.29, 0.717) is 18.2 Å². The standard InChI is InChI=1S/C13H5F5N2/c14-6-3-9(17)12-10(4-6)19-13(20-12)5-1-7(15)11(18)8(16)2-5/h1-4H,(H,19,20). The Morgan fingerprint density at radius 1 is 0.800 bits per heavy atom. The summed E-state index contributed by atoms with van der Waals surface area (Å²) in [5, 5.41) is 0. The first-order valence-electron chi connectivity index (χ1n) is 5.45. The van der Waals surface area contributed by atoms with Gasteiger partial charge in [-0.3, -0.25) is 0 Å². The summed E-state index contributed by atoms with van der Waals surface area (Å²) in [5.41, 5.74) is -0.258. The van der Waals surface area contributed by atoms with Crippen molar-refractivity contribution in [1.82, 2.24) is 9.97 Å². The van der Waals surface area contributed by atoms with Gasteiger partial charge in [0.15, 0.2) is 23.3 Å². The summed E-state index contributed by atoms with van der Waals surface area (Å²) in [4.78, 5) is 6.30. The summed E-state index contributed by atoms with van der Waals surface area (Å²) in [7, 11) is 0. The molecule has 0 atom stereocenters. The van der Waals surface area contributed by atoms with E-state index in [1.807, 2.05) is 0 Å². The van der Waals surface area contributed by atoms with Crippen molar-refractivity contribution in [3.05, 3.63) is 53.4 Å². The van der Waals surface area contributed by atoms with Crippen LogP contribution in [0.15, 0.2) is 24.3 Å². The largest absolute Gasteiger partial charge is 0.338 e. The van der Waals surface area contributed by atoms with E-state index in [2.05, 4.69) is 9.97 Å². The predicted octanol–water partition coefficient (Wildman–Crippen LogP) is 3.93. The van der Waals surface area contributed by atoms with Crippen molar-refractivity contribution in [2.75, 3.05) is 0 Å². The van der Waals surface area contributed by atoms with E-state index in [4.69, 9.17) is 0 Å². The molecule has 0 fully saturated rings. The van der Waals surface area contributed by atoms with Gasteiger partial charge in [0.2, 0.25) is 0 Å². The number of fused-ring (bicyclic) bond motifs is 1. The van der Waals surface area contributed by atoms with Crippen molar-refractivity contribution in [2.45, 2.75) is 0 Å². The minimum atomic E-state index is -1.61. The van der Waals surface area contributed by atoms with Gasteiger partial charge in [0.1, 0.15) is 17.2 Å². The molecule has 0 saturated heterocycles. The van der Waals surface area contributed by atoms with Crippen LogP contribution < -0.4 is 0 Å². The van der Waals surface area contributed by atoms with Crippen molar-refractivity contribution < 1.29 is 22.0 Å². The summed E-state index contributed by atoms with van der Waals surface area (Å²) >= 11 is 0. The number of hydrogen-bond acceptors (Lipinski definition) is 1. The van der Waals surface area contributed by atoms with Crippen molar-refractivity contribution in [2.24, 2.45) is 0 Å². The van der Waals surface area contributed by atoms with Crippen LogP contribution in [0.2, 0.25) is 0 Å². The maximum Gasteiger partial charge on any atom is 0.194 e. The maximum absolute atomic E-state index is 13.5. The smallest absolute Gasteiger partial charge is 0.194 e. The number of imidazole rings is 1. The number of nitrogens with zero attached hydrogens (tertiary/aromatic N) is 1. The van der Waals surface area contributed by atoms with Crippen LogP contribution >= 0.6 is 0 Å². The molecule has 0 aliphatic rings. The average molecular weight is 284 g/mol. The SMILES string of the molecule is Fc1cc(F)c2nc(-c3cc(F)c(F)c(F)c3)[nH]c2c1. The van der Waals surface area contributed by atoms with Gasteiger partial charge >= 0.3 is 0 Å². The first kappa shape index (κ1) is 12.6. The summed E-state index contributed by atoms with van der Waals surface area (Å²) in [6, 6.07) is 3.05. The molecular weight excluding hydrogens is 279 g/mol. The molecule has 2 nitrogen and oxygen atoms in total. The molecule has 2 aromatic carbocycles. The maximum atomic E-state index is 13.5. The van der Waals surface area contributed by atoms with Crippen molar-refractivity contribution in [3.63, 3.8) is 0 Å². The highest BCUT2D eigenvalue weighted by Gasteiger charge is 2.15. The van der Waals surface area contributed by atoms with Crippen LogP contribution in [0.4, 0.5) is 22.0 Å². The zero-order chi connectivity index (χ0) is 14.4. The highest BCUT2D eigenvalue weighted by molar-refractivity contribution is 5.80. The molecule has 102 valence electrons. The number of aromatic nitrogens is 2. The van der Waals surface area contributed by atoms with Crippen LogP contribution in [0, 0.1) is 29.1 Å². The Bertz CT molecular complexity index is 802. The van der Waals surface area contributed by atoms with Gasteiger partial charge in [0.05, 0.1) is 5.52 Å². The Labute approximate surface area is 108 Å². The fourth-order valence-electron chi connectivity index (χ4n) is 1.87. The molecule has 0 saturated carbocycles.